The van der Waals surface area contributed by atoms with Crippen molar-refractivity contribution in [2.75, 3.05) is 6.61 Å². The number of amides is 1. The lowest BCUT2D eigenvalue weighted by Gasteiger charge is -2.12. The molecular formula is C20H27N3O4. The first-order valence-electron chi connectivity index (χ1n) is 9.04. The number of nitrogens with zero attached hydrogens (tertiary/aromatic N) is 2. The lowest BCUT2D eigenvalue weighted by molar-refractivity contribution is -0.122. The zero-order valence-corrected chi connectivity index (χ0v) is 16.5. The molecule has 0 saturated carbocycles. The van der Waals surface area contributed by atoms with E-state index in [1.165, 1.54) is 6.92 Å². The third kappa shape index (κ3) is 6.20. The molecule has 27 heavy (non-hydrogen) atoms. The minimum absolute atomic E-state index is 0.00976. The number of carbonyl (C=O) groups excluding carboxylic acids is 2. The maximum absolute atomic E-state index is 12.1. The van der Waals surface area contributed by atoms with Gasteiger partial charge in [0.05, 0.1) is 6.61 Å². The van der Waals surface area contributed by atoms with Gasteiger partial charge in [0.1, 0.15) is 11.8 Å². The molecule has 0 spiro atoms. The van der Waals surface area contributed by atoms with Crippen molar-refractivity contribution in [2.45, 2.75) is 58.9 Å². The minimum atomic E-state index is -0.353. The highest BCUT2D eigenvalue weighted by Crippen LogP contribution is 2.20. The average molecular weight is 373 g/mol. The highest BCUT2D eigenvalue weighted by molar-refractivity contribution is 5.94. The molecule has 1 aromatic carbocycles. The van der Waals surface area contributed by atoms with E-state index in [9.17, 15) is 9.59 Å². The van der Waals surface area contributed by atoms with E-state index in [1.54, 1.807) is 24.3 Å². The molecule has 0 radical (unpaired) electrons. The molecule has 146 valence electrons. The van der Waals surface area contributed by atoms with Crippen molar-refractivity contribution in [1.29, 1.82) is 0 Å². The quantitative estimate of drug-likeness (QED) is 0.561. The molecule has 0 aliphatic carbocycles. The van der Waals surface area contributed by atoms with Gasteiger partial charge in [-0.2, -0.15) is 4.98 Å². The fourth-order valence-electron chi connectivity index (χ4n) is 2.32. The van der Waals surface area contributed by atoms with E-state index in [-0.39, 0.29) is 23.1 Å². The molecule has 1 amide bonds. The van der Waals surface area contributed by atoms with Crippen LogP contribution in [-0.2, 0) is 10.2 Å². The number of hydrogen-bond acceptors (Lipinski definition) is 6. The first-order valence-corrected chi connectivity index (χ1v) is 9.04. The van der Waals surface area contributed by atoms with Crippen LogP contribution in [0.15, 0.2) is 28.8 Å². The van der Waals surface area contributed by atoms with Crippen molar-refractivity contribution >= 4 is 11.7 Å². The predicted octanol–water partition coefficient (Wildman–Crippen LogP) is 3.61. The van der Waals surface area contributed by atoms with Gasteiger partial charge in [-0.05, 0) is 32.4 Å². The normalized spacial score (nSPS) is 12.5. The Bertz CT molecular complexity index is 793. The van der Waals surface area contributed by atoms with E-state index in [4.69, 9.17) is 9.26 Å². The summed E-state index contributed by atoms with van der Waals surface area (Å²) >= 11 is 0. The Morgan fingerprint density at radius 2 is 2.04 bits per heavy atom. The number of rotatable bonds is 8. The summed E-state index contributed by atoms with van der Waals surface area (Å²) in [6.45, 7) is 9.70. The molecule has 1 aromatic heterocycles. The van der Waals surface area contributed by atoms with Gasteiger partial charge in [-0.25, -0.2) is 0 Å². The summed E-state index contributed by atoms with van der Waals surface area (Å²) in [5.74, 6) is 1.51. The first-order chi connectivity index (χ1) is 12.7. The fraction of sp³-hybridized carbons (Fsp3) is 0.500. The SMILES string of the molecule is CC(=O)c1cccc(OCCCC(=O)N[C@H](C)c2nc(C(C)(C)C)no2)c1. The zero-order valence-electron chi connectivity index (χ0n) is 16.5. The van der Waals surface area contributed by atoms with Gasteiger partial charge in [0.2, 0.25) is 11.8 Å². The Labute approximate surface area is 159 Å². The standard InChI is InChI=1S/C20H27N3O4/c1-13(18-22-19(23-27-18)20(3,4)5)21-17(25)10-7-11-26-16-9-6-8-15(12-16)14(2)24/h6,8-9,12-13H,7,10-11H2,1-5H3,(H,21,25)/t13-/m1/s1. The first kappa shape index (κ1) is 20.6. The monoisotopic (exact) mass is 373 g/mol. The topological polar surface area (TPSA) is 94.3 Å². The molecule has 0 bridgehead atoms. The summed E-state index contributed by atoms with van der Waals surface area (Å²) in [5.41, 5.74) is 0.399. The van der Waals surface area contributed by atoms with Crippen molar-refractivity contribution in [1.82, 2.24) is 15.5 Å². The van der Waals surface area contributed by atoms with Gasteiger partial charge >= 0.3 is 0 Å². The number of carbonyl (C=O) groups is 2. The second-order valence-corrected chi connectivity index (χ2v) is 7.53. The smallest absolute Gasteiger partial charge is 0.248 e. The van der Waals surface area contributed by atoms with Crippen molar-refractivity contribution in [2.24, 2.45) is 0 Å². The van der Waals surface area contributed by atoms with E-state index in [0.717, 1.165) is 0 Å². The Balaban J connectivity index is 1.75. The number of ether oxygens (including phenoxy) is 1. The summed E-state index contributed by atoms with van der Waals surface area (Å²) in [4.78, 5) is 27.8. The summed E-state index contributed by atoms with van der Waals surface area (Å²) < 4.78 is 10.8. The number of Topliss-reactive ketones (excluding diaryl/α,β-unsaturated/α-hetero) is 1. The van der Waals surface area contributed by atoms with Crippen LogP contribution in [0.5, 0.6) is 5.75 Å². The second-order valence-electron chi connectivity index (χ2n) is 7.53. The molecule has 1 atom stereocenters. The molecule has 1 heterocycles. The molecule has 1 N–H and O–H groups in total. The maximum atomic E-state index is 12.1. The number of hydrogen-bond donors (Lipinski definition) is 1. The minimum Gasteiger partial charge on any atom is -0.494 e. The van der Waals surface area contributed by atoms with Crippen LogP contribution in [-0.4, -0.2) is 28.4 Å². The number of aromatic nitrogens is 2. The van der Waals surface area contributed by atoms with E-state index >= 15 is 0 Å². The average Bonchev–Trinajstić information content (AvgIpc) is 3.09. The zero-order chi connectivity index (χ0) is 20.0. The molecule has 7 heteroatoms. The predicted molar refractivity (Wildman–Crippen MR) is 101 cm³/mol. The van der Waals surface area contributed by atoms with Crippen molar-refractivity contribution < 1.29 is 18.8 Å². The molecule has 0 unspecified atom stereocenters. The molecule has 0 saturated heterocycles. The Hall–Kier alpha value is -2.70. The number of ketones is 1. The summed E-state index contributed by atoms with van der Waals surface area (Å²) in [6.07, 6.45) is 0.872. The van der Waals surface area contributed by atoms with E-state index in [1.807, 2.05) is 27.7 Å². The number of nitrogens with one attached hydrogen (secondary N) is 1. The highest BCUT2D eigenvalue weighted by atomic mass is 16.5. The van der Waals surface area contributed by atoms with Gasteiger partial charge in [-0.15, -0.1) is 0 Å². The van der Waals surface area contributed by atoms with Crippen LogP contribution in [0.4, 0.5) is 0 Å². The van der Waals surface area contributed by atoms with Crippen LogP contribution in [0.1, 0.15) is 75.6 Å². The molecule has 2 aromatic rings. The lowest BCUT2D eigenvalue weighted by Crippen LogP contribution is -2.27. The largest absolute Gasteiger partial charge is 0.494 e. The van der Waals surface area contributed by atoms with Gasteiger partial charge in [0, 0.05) is 17.4 Å². The van der Waals surface area contributed by atoms with E-state index in [0.29, 0.717) is 42.5 Å². The van der Waals surface area contributed by atoms with Crippen LogP contribution in [0.3, 0.4) is 0 Å². The summed E-state index contributed by atoms with van der Waals surface area (Å²) in [5, 5.41) is 6.81. The van der Waals surface area contributed by atoms with Crippen molar-refractivity contribution in [3.63, 3.8) is 0 Å². The molecule has 0 fully saturated rings. The lowest BCUT2D eigenvalue weighted by atomic mass is 9.96. The third-order valence-corrected chi connectivity index (χ3v) is 3.92. The summed E-state index contributed by atoms with van der Waals surface area (Å²) in [7, 11) is 0. The van der Waals surface area contributed by atoms with Crippen LogP contribution >= 0.6 is 0 Å². The van der Waals surface area contributed by atoms with E-state index < -0.39 is 0 Å². The third-order valence-electron chi connectivity index (χ3n) is 3.92. The molecule has 7 nitrogen and oxygen atoms in total. The molecule has 0 aliphatic heterocycles. The van der Waals surface area contributed by atoms with E-state index in [2.05, 4.69) is 15.5 Å². The van der Waals surface area contributed by atoms with Gasteiger partial charge in [0.25, 0.3) is 0 Å². The molecule has 2 rings (SSSR count). The maximum Gasteiger partial charge on any atom is 0.248 e. The Morgan fingerprint density at radius 1 is 1.30 bits per heavy atom. The fourth-order valence-corrected chi connectivity index (χ4v) is 2.32. The van der Waals surface area contributed by atoms with Gasteiger partial charge in [-0.3, -0.25) is 9.59 Å². The second kappa shape index (κ2) is 8.79. The van der Waals surface area contributed by atoms with Gasteiger partial charge < -0.3 is 14.6 Å². The molecule has 0 aliphatic rings. The van der Waals surface area contributed by atoms with Crippen LogP contribution < -0.4 is 10.1 Å². The van der Waals surface area contributed by atoms with Gasteiger partial charge in [0.15, 0.2) is 11.6 Å². The Kier molecular flexibility index (Phi) is 6.71. The van der Waals surface area contributed by atoms with Crippen molar-refractivity contribution in [3.05, 3.63) is 41.5 Å². The van der Waals surface area contributed by atoms with Gasteiger partial charge in [-0.1, -0.05) is 38.1 Å². The highest BCUT2D eigenvalue weighted by Gasteiger charge is 2.23. The van der Waals surface area contributed by atoms with Crippen LogP contribution in [0, 0.1) is 0 Å². The summed E-state index contributed by atoms with van der Waals surface area (Å²) in [6, 6.07) is 6.65. The Morgan fingerprint density at radius 3 is 2.67 bits per heavy atom. The molecular weight excluding hydrogens is 346 g/mol. The van der Waals surface area contributed by atoms with Crippen LogP contribution in [0.2, 0.25) is 0 Å². The van der Waals surface area contributed by atoms with Crippen molar-refractivity contribution in [3.8, 4) is 5.75 Å². The number of benzene rings is 1. The van der Waals surface area contributed by atoms with Crippen LogP contribution in [0.25, 0.3) is 0 Å².